The Kier molecular flexibility index (Phi) is 5.85. The molecule has 5 heteroatoms. The summed E-state index contributed by atoms with van der Waals surface area (Å²) in [6, 6.07) is 6.97. The van der Waals surface area contributed by atoms with Gasteiger partial charge in [0.1, 0.15) is 5.82 Å². The minimum absolute atomic E-state index is 0.0411. The van der Waals surface area contributed by atoms with Crippen LogP contribution in [0.3, 0.4) is 0 Å². The van der Waals surface area contributed by atoms with Crippen LogP contribution in [0.25, 0.3) is 0 Å². The van der Waals surface area contributed by atoms with Crippen molar-refractivity contribution in [2.75, 3.05) is 26.3 Å². The Morgan fingerprint density at radius 1 is 1.33 bits per heavy atom. The van der Waals surface area contributed by atoms with Gasteiger partial charge < -0.3 is 15.4 Å². The number of amides is 1. The first kappa shape index (κ1) is 17.4. The van der Waals surface area contributed by atoms with Crippen LogP contribution in [0.1, 0.15) is 44.1 Å². The fraction of sp³-hybridized carbons (Fsp3) is 0.632. The highest BCUT2D eigenvalue weighted by atomic mass is 19.1. The predicted molar refractivity (Wildman–Crippen MR) is 91.4 cm³/mol. The zero-order chi connectivity index (χ0) is 16.8. The largest absolute Gasteiger partial charge is 0.378 e. The van der Waals surface area contributed by atoms with Crippen molar-refractivity contribution in [3.63, 3.8) is 0 Å². The number of nitrogens with one attached hydrogen (secondary N) is 2. The van der Waals surface area contributed by atoms with Gasteiger partial charge in [0.25, 0.3) is 0 Å². The van der Waals surface area contributed by atoms with Crippen molar-refractivity contribution >= 4 is 5.91 Å². The summed E-state index contributed by atoms with van der Waals surface area (Å²) in [5.74, 6) is -0.160. The molecule has 132 valence electrons. The van der Waals surface area contributed by atoms with Gasteiger partial charge in [0.05, 0.1) is 13.2 Å². The molecule has 3 rings (SSSR count). The van der Waals surface area contributed by atoms with Crippen LogP contribution in [0.15, 0.2) is 24.3 Å². The standard InChI is InChI=1S/C19H27FN2O2/c20-16-6-4-5-15(11-16)19(7-2-1-3-8-19)14-22-18(23)12-17-13-24-10-9-21-17/h4-6,11,17,21H,1-3,7-10,12-14H2,(H,22,23). The molecular weight excluding hydrogens is 307 g/mol. The molecule has 0 radical (unpaired) electrons. The minimum Gasteiger partial charge on any atom is -0.378 e. The Bertz CT molecular complexity index is 552. The number of morpholine rings is 1. The van der Waals surface area contributed by atoms with E-state index in [0.717, 1.165) is 37.8 Å². The molecule has 1 aromatic carbocycles. The van der Waals surface area contributed by atoms with Gasteiger partial charge in [-0.2, -0.15) is 0 Å². The molecule has 1 saturated heterocycles. The van der Waals surface area contributed by atoms with Crippen molar-refractivity contribution in [1.82, 2.24) is 10.6 Å². The van der Waals surface area contributed by atoms with E-state index >= 15 is 0 Å². The van der Waals surface area contributed by atoms with Crippen LogP contribution in [0.4, 0.5) is 4.39 Å². The van der Waals surface area contributed by atoms with Gasteiger partial charge in [-0.05, 0) is 30.5 Å². The highest BCUT2D eigenvalue weighted by Gasteiger charge is 2.34. The Morgan fingerprint density at radius 3 is 2.88 bits per heavy atom. The van der Waals surface area contributed by atoms with E-state index in [1.54, 1.807) is 12.1 Å². The molecule has 1 aliphatic heterocycles. The first-order chi connectivity index (χ1) is 11.7. The topological polar surface area (TPSA) is 50.4 Å². The second-order valence-electron chi connectivity index (χ2n) is 7.06. The highest BCUT2D eigenvalue weighted by Crippen LogP contribution is 2.39. The van der Waals surface area contributed by atoms with Crippen molar-refractivity contribution < 1.29 is 13.9 Å². The maximum atomic E-state index is 13.7. The Hall–Kier alpha value is -1.46. The van der Waals surface area contributed by atoms with Crippen LogP contribution < -0.4 is 10.6 Å². The smallest absolute Gasteiger partial charge is 0.221 e. The minimum atomic E-state index is -0.202. The van der Waals surface area contributed by atoms with Crippen LogP contribution in [-0.2, 0) is 14.9 Å². The molecule has 0 spiro atoms. The molecule has 1 heterocycles. The average Bonchev–Trinajstić information content (AvgIpc) is 2.62. The van der Waals surface area contributed by atoms with Gasteiger partial charge in [-0.25, -0.2) is 4.39 Å². The number of rotatable bonds is 5. The van der Waals surface area contributed by atoms with E-state index in [1.165, 1.54) is 12.5 Å². The number of hydrogen-bond acceptors (Lipinski definition) is 3. The monoisotopic (exact) mass is 334 g/mol. The number of hydrogen-bond donors (Lipinski definition) is 2. The van der Waals surface area contributed by atoms with Crippen molar-refractivity contribution in [1.29, 1.82) is 0 Å². The molecule has 2 aliphatic rings. The molecule has 1 aromatic rings. The van der Waals surface area contributed by atoms with Crippen LogP contribution in [-0.4, -0.2) is 38.3 Å². The molecular formula is C19H27FN2O2. The van der Waals surface area contributed by atoms with E-state index in [-0.39, 0.29) is 23.2 Å². The van der Waals surface area contributed by atoms with Crippen LogP contribution in [0.2, 0.25) is 0 Å². The summed E-state index contributed by atoms with van der Waals surface area (Å²) in [4.78, 5) is 12.3. The van der Waals surface area contributed by atoms with Crippen molar-refractivity contribution in [2.24, 2.45) is 0 Å². The van der Waals surface area contributed by atoms with E-state index < -0.39 is 0 Å². The Balaban J connectivity index is 1.63. The SMILES string of the molecule is O=C(CC1COCCN1)NCC1(c2cccc(F)c2)CCCCC1. The fourth-order valence-electron chi connectivity index (χ4n) is 3.93. The lowest BCUT2D eigenvalue weighted by molar-refractivity contribution is -0.122. The lowest BCUT2D eigenvalue weighted by Crippen LogP contribution is -2.47. The second kappa shape index (κ2) is 8.08. The molecule has 2 fully saturated rings. The highest BCUT2D eigenvalue weighted by molar-refractivity contribution is 5.76. The van der Waals surface area contributed by atoms with E-state index in [9.17, 15) is 9.18 Å². The first-order valence-electron chi connectivity index (χ1n) is 9.02. The van der Waals surface area contributed by atoms with Crippen LogP contribution >= 0.6 is 0 Å². The van der Waals surface area contributed by atoms with Gasteiger partial charge in [-0.15, -0.1) is 0 Å². The normalized spacial score (nSPS) is 23.6. The van der Waals surface area contributed by atoms with Gasteiger partial charge in [0, 0.05) is 31.0 Å². The van der Waals surface area contributed by atoms with Gasteiger partial charge in [-0.3, -0.25) is 4.79 Å². The summed E-state index contributed by atoms with van der Waals surface area (Å²) in [6.45, 7) is 2.68. The van der Waals surface area contributed by atoms with E-state index in [2.05, 4.69) is 10.6 Å². The summed E-state index contributed by atoms with van der Waals surface area (Å²) < 4.78 is 19.1. The molecule has 0 aromatic heterocycles. The zero-order valence-electron chi connectivity index (χ0n) is 14.2. The third kappa shape index (κ3) is 4.33. The summed E-state index contributed by atoms with van der Waals surface area (Å²) >= 11 is 0. The van der Waals surface area contributed by atoms with Gasteiger partial charge >= 0.3 is 0 Å². The number of carbonyl (C=O) groups excluding carboxylic acids is 1. The maximum absolute atomic E-state index is 13.7. The number of benzene rings is 1. The second-order valence-corrected chi connectivity index (χ2v) is 7.06. The van der Waals surface area contributed by atoms with Crippen molar-refractivity contribution in [3.8, 4) is 0 Å². The quantitative estimate of drug-likeness (QED) is 0.870. The summed E-state index contributed by atoms with van der Waals surface area (Å²) in [6.07, 6.45) is 5.91. The average molecular weight is 334 g/mol. The molecule has 2 N–H and O–H groups in total. The van der Waals surface area contributed by atoms with Crippen molar-refractivity contribution in [3.05, 3.63) is 35.6 Å². The third-order valence-electron chi connectivity index (χ3n) is 5.30. The molecule has 24 heavy (non-hydrogen) atoms. The van der Waals surface area contributed by atoms with E-state index in [4.69, 9.17) is 4.74 Å². The summed E-state index contributed by atoms with van der Waals surface area (Å²) in [5, 5.41) is 6.40. The molecule has 1 saturated carbocycles. The van der Waals surface area contributed by atoms with Crippen LogP contribution in [0, 0.1) is 5.82 Å². The van der Waals surface area contributed by atoms with Crippen molar-refractivity contribution in [2.45, 2.75) is 50.0 Å². The molecule has 0 bridgehead atoms. The van der Waals surface area contributed by atoms with Gasteiger partial charge in [0.2, 0.25) is 5.91 Å². The van der Waals surface area contributed by atoms with Gasteiger partial charge in [0.15, 0.2) is 0 Å². The molecule has 1 amide bonds. The Morgan fingerprint density at radius 2 is 2.17 bits per heavy atom. The molecule has 1 aliphatic carbocycles. The van der Waals surface area contributed by atoms with Gasteiger partial charge in [-0.1, -0.05) is 31.4 Å². The Labute approximate surface area is 143 Å². The fourth-order valence-corrected chi connectivity index (χ4v) is 3.93. The first-order valence-corrected chi connectivity index (χ1v) is 9.02. The van der Waals surface area contributed by atoms with Crippen LogP contribution in [0.5, 0.6) is 0 Å². The molecule has 4 nitrogen and oxygen atoms in total. The zero-order valence-corrected chi connectivity index (χ0v) is 14.2. The third-order valence-corrected chi connectivity index (χ3v) is 5.30. The number of carbonyl (C=O) groups is 1. The lowest BCUT2D eigenvalue weighted by atomic mass is 9.69. The lowest BCUT2D eigenvalue weighted by Gasteiger charge is -2.38. The van der Waals surface area contributed by atoms with E-state index in [1.807, 2.05) is 6.07 Å². The predicted octanol–water partition coefficient (Wildman–Crippen LogP) is 2.52. The maximum Gasteiger partial charge on any atom is 0.221 e. The van der Waals surface area contributed by atoms with E-state index in [0.29, 0.717) is 26.2 Å². The number of ether oxygens (including phenoxy) is 1. The number of halogens is 1. The summed E-state index contributed by atoms with van der Waals surface area (Å²) in [7, 11) is 0. The summed E-state index contributed by atoms with van der Waals surface area (Å²) in [5.41, 5.74) is 0.883. The molecule has 1 unspecified atom stereocenters. The molecule has 1 atom stereocenters.